The van der Waals surface area contributed by atoms with Gasteiger partial charge in [0.15, 0.2) is 0 Å². The van der Waals surface area contributed by atoms with Gasteiger partial charge in [-0.3, -0.25) is 0 Å². The molecule has 0 heterocycles. The van der Waals surface area contributed by atoms with Gasteiger partial charge in [-0.2, -0.15) is 0 Å². The summed E-state index contributed by atoms with van der Waals surface area (Å²) in [6.45, 7) is 0.895. The second kappa shape index (κ2) is 12.9. The average molecular weight is 366 g/mol. The van der Waals surface area contributed by atoms with Crippen LogP contribution in [-0.4, -0.2) is 71.1 Å². The van der Waals surface area contributed by atoms with Crippen LogP contribution in [0.2, 0.25) is 0 Å². The summed E-state index contributed by atoms with van der Waals surface area (Å²) in [7, 11) is -0.0650. The highest BCUT2D eigenvalue weighted by Gasteiger charge is 2.06. The number of methoxy groups -OCH3 is 1. The van der Waals surface area contributed by atoms with Crippen LogP contribution in [0.4, 0.5) is 0 Å². The molecule has 0 aromatic carbocycles. The van der Waals surface area contributed by atoms with E-state index in [1.165, 1.54) is 13.4 Å². The van der Waals surface area contributed by atoms with E-state index in [1.807, 2.05) is 0 Å². The Balaban J connectivity index is -0.00000162. The molecule has 0 saturated carbocycles. The molecule has 0 aliphatic rings. The molecular formula is C11H21Cl2NO6S. The molecule has 10 heteroatoms. The van der Waals surface area contributed by atoms with E-state index in [1.54, 1.807) is 11.9 Å². The summed E-state index contributed by atoms with van der Waals surface area (Å²) in [5.74, 6) is -1.23. The lowest BCUT2D eigenvalue weighted by Gasteiger charge is -2.15. The second-order valence-electron chi connectivity index (χ2n) is 3.96. The van der Waals surface area contributed by atoms with Crippen molar-refractivity contribution < 1.29 is 27.5 Å². The zero-order valence-electron chi connectivity index (χ0n) is 12.1. The normalized spacial score (nSPS) is 10.7. The third kappa shape index (κ3) is 17.1. The van der Waals surface area contributed by atoms with Gasteiger partial charge in [0.1, 0.15) is 16.4 Å². The van der Waals surface area contributed by atoms with Crippen molar-refractivity contribution in [2.24, 2.45) is 0 Å². The van der Waals surface area contributed by atoms with Crippen molar-refractivity contribution in [3.05, 3.63) is 12.2 Å². The highest BCUT2D eigenvalue weighted by Crippen LogP contribution is 1.90. The summed E-state index contributed by atoms with van der Waals surface area (Å²) in [6.07, 6.45) is 3.11. The van der Waals surface area contributed by atoms with Gasteiger partial charge in [0, 0.05) is 31.5 Å². The molecule has 0 saturated heterocycles. The van der Waals surface area contributed by atoms with Crippen molar-refractivity contribution in [2.45, 2.75) is 0 Å². The first-order chi connectivity index (χ1) is 8.74. The molecule has 0 N–H and O–H groups in total. The third-order valence-electron chi connectivity index (χ3n) is 2.12. The van der Waals surface area contributed by atoms with Crippen LogP contribution < -0.4 is 0 Å². The molecule has 0 bridgehead atoms. The lowest BCUT2D eigenvalue weighted by atomic mass is 10.5. The van der Waals surface area contributed by atoms with E-state index in [0.717, 1.165) is 12.2 Å². The number of esters is 2. The smallest absolute Gasteiger partial charge is 0.331 e. The van der Waals surface area contributed by atoms with Crippen molar-refractivity contribution in [3.63, 3.8) is 0 Å². The standard InChI is InChI=1S/C11H19NO6S.2ClH/c1-12(7-9-19(3,15)16)6-8-18-11(14)5-4-10(13)17-2;;/h4-5H,6-9H2,1-3H3;2*1H/b5-4+;;. The van der Waals surface area contributed by atoms with Gasteiger partial charge in [0.05, 0.1) is 12.9 Å². The maximum atomic E-state index is 11.1. The molecule has 0 rings (SSSR count). The van der Waals surface area contributed by atoms with Gasteiger partial charge in [-0.05, 0) is 7.05 Å². The predicted octanol–water partition coefficient (Wildman–Crippen LogP) is 0.0788. The number of carbonyl (C=O) groups excluding carboxylic acids is 2. The quantitative estimate of drug-likeness (QED) is 0.444. The van der Waals surface area contributed by atoms with Crippen molar-refractivity contribution in [2.75, 3.05) is 45.9 Å². The van der Waals surface area contributed by atoms with E-state index in [4.69, 9.17) is 4.74 Å². The zero-order chi connectivity index (χ0) is 14.9. The number of hydrogen-bond donors (Lipinski definition) is 0. The number of hydrogen-bond acceptors (Lipinski definition) is 7. The monoisotopic (exact) mass is 365 g/mol. The molecule has 0 aromatic heterocycles. The minimum absolute atomic E-state index is 0. The van der Waals surface area contributed by atoms with Crippen LogP contribution in [0.5, 0.6) is 0 Å². The largest absolute Gasteiger partial charge is 0.466 e. The number of likely N-dealkylation sites (N-methyl/N-ethyl adjacent to an activating group) is 1. The Hall–Kier alpha value is -0.830. The molecular weight excluding hydrogens is 345 g/mol. The van der Waals surface area contributed by atoms with Gasteiger partial charge >= 0.3 is 11.9 Å². The Morgan fingerprint density at radius 1 is 1.10 bits per heavy atom. The molecule has 7 nitrogen and oxygen atoms in total. The van der Waals surface area contributed by atoms with Crippen LogP contribution in [0.1, 0.15) is 0 Å². The van der Waals surface area contributed by atoms with Crippen LogP contribution in [0.15, 0.2) is 12.2 Å². The first-order valence-electron chi connectivity index (χ1n) is 5.53. The molecule has 0 unspecified atom stereocenters. The number of halogens is 2. The van der Waals surface area contributed by atoms with Crippen LogP contribution >= 0.6 is 24.8 Å². The van der Waals surface area contributed by atoms with Crippen molar-refractivity contribution >= 4 is 46.6 Å². The lowest BCUT2D eigenvalue weighted by Crippen LogP contribution is -2.29. The highest BCUT2D eigenvalue weighted by molar-refractivity contribution is 7.90. The number of sulfone groups is 1. The molecule has 0 fully saturated rings. The SMILES string of the molecule is COC(=O)/C=C/C(=O)OCCN(C)CCS(C)(=O)=O.Cl.Cl. The fraction of sp³-hybridized carbons (Fsp3) is 0.636. The van der Waals surface area contributed by atoms with E-state index < -0.39 is 21.8 Å². The van der Waals surface area contributed by atoms with Gasteiger partial charge in [-0.1, -0.05) is 0 Å². The van der Waals surface area contributed by atoms with E-state index in [0.29, 0.717) is 13.1 Å². The summed E-state index contributed by atoms with van der Waals surface area (Å²) >= 11 is 0. The van der Waals surface area contributed by atoms with Gasteiger partial charge in [0.2, 0.25) is 0 Å². The summed E-state index contributed by atoms with van der Waals surface area (Å²) in [4.78, 5) is 23.6. The van der Waals surface area contributed by atoms with E-state index >= 15 is 0 Å². The minimum atomic E-state index is -2.99. The summed E-state index contributed by atoms with van der Waals surface area (Å²) in [6, 6.07) is 0. The van der Waals surface area contributed by atoms with Gasteiger partial charge in [-0.15, -0.1) is 24.8 Å². The van der Waals surface area contributed by atoms with Crippen molar-refractivity contribution in [1.29, 1.82) is 0 Å². The fourth-order valence-electron chi connectivity index (χ4n) is 0.988. The van der Waals surface area contributed by atoms with Crippen LogP contribution in [-0.2, 0) is 28.9 Å². The Bertz CT molecular complexity index is 438. The predicted molar refractivity (Wildman–Crippen MR) is 83.8 cm³/mol. The van der Waals surface area contributed by atoms with Gasteiger partial charge in [0.25, 0.3) is 0 Å². The Labute approximate surface area is 137 Å². The van der Waals surface area contributed by atoms with Crippen LogP contribution in [0.25, 0.3) is 0 Å². The van der Waals surface area contributed by atoms with Crippen molar-refractivity contribution in [1.82, 2.24) is 4.90 Å². The third-order valence-corrected chi connectivity index (χ3v) is 3.04. The summed E-state index contributed by atoms with van der Waals surface area (Å²) in [5.41, 5.74) is 0. The van der Waals surface area contributed by atoms with Crippen LogP contribution in [0.3, 0.4) is 0 Å². The average Bonchev–Trinajstić information content (AvgIpc) is 2.32. The molecule has 0 spiro atoms. The van der Waals surface area contributed by atoms with Crippen molar-refractivity contribution in [3.8, 4) is 0 Å². The van der Waals surface area contributed by atoms with Gasteiger partial charge in [-0.25, -0.2) is 18.0 Å². The number of rotatable bonds is 8. The lowest BCUT2D eigenvalue weighted by molar-refractivity contribution is -0.139. The molecule has 0 aliphatic heterocycles. The summed E-state index contributed by atoms with van der Waals surface area (Å²) < 4.78 is 31.0. The number of carbonyl (C=O) groups is 2. The maximum Gasteiger partial charge on any atom is 0.331 e. The van der Waals surface area contributed by atoms with E-state index in [2.05, 4.69) is 4.74 Å². The Morgan fingerprint density at radius 2 is 1.62 bits per heavy atom. The molecule has 0 aliphatic carbocycles. The molecule has 0 amide bonds. The highest BCUT2D eigenvalue weighted by atomic mass is 35.5. The molecule has 0 aromatic rings. The minimum Gasteiger partial charge on any atom is -0.466 e. The molecule has 21 heavy (non-hydrogen) atoms. The molecule has 126 valence electrons. The van der Waals surface area contributed by atoms with E-state index in [-0.39, 0.29) is 37.2 Å². The Kier molecular flexibility index (Phi) is 15.4. The fourth-order valence-corrected chi connectivity index (χ4v) is 1.63. The first kappa shape index (κ1) is 25.1. The van der Waals surface area contributed by atoms with Gasteiger partial charge < -0.3 is 14.4 Å². The number of nitrogens with zero attached hydrogens (tertiary/aromatic N) is 1. The molecule has 0 atom stereocenters. The second-order valence-corrected chi connectivity index (χ2v) is 6.22. The summed E-state index contributed by atoms with van der Waals surface area (Å²) in [5, 5.41) is 0. The maximum absolute atomic E-state index is 11.1. The zero-order valence-corrected chi connectivity index (χ0v) is 14.6. The topological polar surface area (TPSA) is 90.0 Å². The van der Waals surface area contributed by atoms with Crippen LogP contribution in [0, 0.1) is 0 Å². The number of ether oxygens (including phenoxy) is 2. The molecule has 0 radical (unpaired) electrons. The first-order valence-corrected chi connectivity index (χ1v) is 7.59. The Morgan fingerprint density at radius 3 is 2.10 bits per heavy atom. The van der Waals surface area contributed by atoms with E-state index in [9.17, 15) is 18.0 Å².